The molecule has 2 heterocycles. The molecule has 0 saturated heterocycles. The van der Waals surface area contributed by atoms with Gasteiger partial charge in [0.15, 0.2) is 11.5 Å². The second-order valence-electron chi connectivity index (χ2n) is 4.01. The lowest BCUT2D eigenvalue weighted by atomic mass is 10.2. The summed E-state index contributed by atoms with van der Waals surface area (Å²) in [5, 5.41) is 9.09. The Morgan fingerprint density at radius 2 is 1.79 bits per heavy atom. The third-order valence-corrected chi connectivity index (χ3v) is 3.26. The zero-order chi connectivity index (χ0) is 13.6. The normalized spacial score (nSPS) is 11.2. The predicted molar refractivity (Wildman–Crippen MR) is 71.1 cm³/mol. The molecule has 0 fully saturated rings. The van der Waals surface area contributed by atoms with Crippen molar-refractivity contribution in [3.8, 4) is 11.5 Å². The number of benzene rings is 1. The van der Waals surface area contributed by atoms with Crippen LogP contribution in [0.3, 0.4) is 0 Å². The molecule has 0 unspecified atom stereocenters. The second-order valence-corrected chi connectivity index (χ2v) is 4.37. The van der Waals surface area contributed by atoms with Crippen molar-refractivity contribution < 1.29 is 9.47 Å². The van der Waals surface area contributed by atoms with Gasteiger partial charge in [0.2, 0.25) is 0 Å². The summed E-state index contributed by atoms with van der Waals surface area (Å²) in [7, 11) is 3.16. The number of halogens is 1. The van der Waals surface area contributed by atoms with E-state index in [4.69, 9.17) is 21.1 Å². The Kier molecular flexibility index (Phi) is 2.67. The number of fused-ring (bicyclic) bond motifs is 3. The average Bonchev–Trinajstić information content (AvgIpc) is 2.78. The largest absolute Gasteiger partial charge is 0.493 e. The van der Waals surface area contributed by atoms with Crippen LogP contribution in [0.2, 0.25) is 5.15 Å². The fraction of sp³-hybridized carbons (Fsp3) is 0.250. The van der Waals surface area contributed by atoms with Crippen LogP contribution in [0.25, 0.3) is 16.7 Å². The third kappa shape index (κ3) is 1.67. The summed E-state index contributed by atoms with van der Waals surface area (Å²) in [5.41, 5.74) is 0.829. The van der Waals surface area contributed by atoms with Crippen molar-refractivity contribution in [2.75, 3.05) is 14.2 Å². The maximum absolute atomic E-state index is 6.18. The topological polar surface area (TPSA) is 61.5 Å². The highest BCUT2D eigenvalue weighted by molar-refractivity contribution is 6.34. The lowest BCUT2D eigenvalue weighted by Gasteiger charge is -2.11. The first-order valence-electron chi connectivity index (χ1n) is 5.58. The number of hydrogen-bond acceptors (Lipinski definition) is 5. The van der Waals surface area contributed by atoms with Crippen LogP contribution < -0.4 is 9.47 Å². The highest BCUT2D eigenvalue weighted by Crippen LogP contribution is 2.34. The van der Waals surface area contributed by atoms with Gasteiger partial charge in [0.25, 0.3) is 5.78 Å². The molecule has 0 N–H and O–H groups in total. The van der Waals surface area contributed by atoms with E-state index in [0.29, 0.717) is 22.4 Å². The third-order valence-electron chi connectivity index (χ3n) is 2.97. The molecule has 0 spiro atoms. The molecular formula is C12H11ClN4O2. The van der Waals surface area contributed by atoms with Crippen LogP contribution in [0.1, 0.15) is 5.82 Å². The summed E-state index contributed by atoms with van der Waals surface area (Å²) in [6.07, 6.45) is 0. The Labute approximate surface area is 113 Å². The van der Waals surface area contributed by atoms with Gasteiger partial charge in [-0.3, -0.25) is 4.40 Å². The maximum atomic E-state index is 6.18. The van der Waals surface area contributed by atoms with Crippen molar-refractivity contribution in [1.82, 2.24) is 19.6 Å². The van der Waals surface area contributed by atoms with Crippen LogP contribution >= 0.6 is 11.6 Å². The summed E-state index contributed by atoms with van der Waals surface area (Å²) in [6.45, 7) is 1.85. The quantitative estimate of drug-likeness (QED) is 0.673. The molecule has 0 saturated carbocycles. The number of nitrogens with zero attached hydrogens (tertiary/aromatic N) is 4. The number of methoxy groups -OCH3 is 2. The van der Waals surface area contributed by atoms with Gasteiger partial charge in [-0.05, 0) is 13.0 Å². The average molecular weight is 279 g/mol. The van der Waals surface area contributed by atoms with E-state index in [2.05, 4.69) is 15.2 Å². The van der Waals surface area contributed by atoms with Gasteiger partial charge in [0.1, 0.15) is 11.0 Å². The Balaban J connectivity index is 2.52. The van der Waals surface area contributed by atoms with Crippen molar-refractivity contribution in [2.24, 2.45) is 0 Å². The Hall–Kier alpha value is -2.08. The van der Waals surface area contributed by atoms with Crippen LogP contribution in [-0.4, -0.2) is 33.8 Å². The van der Waals surface area contributed by atoms with E-state index in [9.17, 15) is 0 Å². The zero-order valence-corrected chi connectivity index (χ0v) is 11.4. The molecule has 0 aliphatic rings. The molecule has 7 heteroatoms. The fourth-order valence-corrected chi connectivity index (χ4v) is 2.30. The maximum Gasteiger partial charge on any atom is 0.256 e. The van der Waals surface area contributed by atoms with E-state index < -0.39 is 0 Å². The molecule has 0 aliphatic carbocycles. The minimum Gasteiger partial charge on any atom is -0.493 e. The van der Waals surface area contributed by atoms with Gasteiger partial charge in [0.05, 0.1) is 19.7 Å². The smallest absolute Gasteiger partial charge is 0.256 e. The highest BCUT2D eigenvalue weighted by atomic mass is 35.5. The van der Waals surface area contributed by atoms with Crippen LogP contribution in [0, 0.1) is 6.92 Å². The minimum absolute atomic E-state index is 0.357. The van der Waals surface area contributed by atoms with Gasteiger partial charge in [0, 0.05) is 11.5 Å². The molecule has 1 aromatic carbocycles. The second kappa shape index (κ2) is 4.24. The van der Waals surface area contributed by atoms with Crippen LogP contribution in [0.4, 0.5) is 0 Å². The molecule has 0 atom stereocenters. The minimum atomic E-state index is 0.357. The fourth-order valence-electron chi connectivity index (χ4n) is 2.07. The van der Waals surface area contributed by atoms with Crippen LogP contribution in [0.5, 0.6) is 11.5 Å². The van der Waals surface area contributed by atoms with Gasteiger partial charge < -0.3 is 9.47 Å². The van der Waals surface area contributed by atoms with Gasteiger partial charge in [-0.2, -0.15) is 4.98 Å². The van der Waals surface area contributed by atoms with E-state index >= 15 is 0 Å². The van der Waals surface area contributed by atoms with Crippen molar-refractivity contribution in [3.63, 3.8) is 0 Å². The molecular weight excluding hydrogens is 268 g/mol. The first kappa shape index (κ1) is 12.0. The van der Waals surface area contributed by atoms with E-state index in [1.165, 1.54) is 0 Å². The van der Waals surface area contributed by atoms with E-state index in [0.717, 1.165) is 16.7 Å². The van der Waals surface area contributed by atoms with Crippen molar-refractivity contribution in [3.05, 3.63) is 23.1 Å². The number of ether oxygens (including phenoxy) is 2. The monoisotopic (exact) mass is 278 g/mol. The van der Waals surface area contributed by atoms with Gasteiger partial charge in [-0.25, -0.2) is 0 Å². The van der Waals surface area contributed by atoms with Gasteiger partial charge in [-0.15, -0.1) is 10.2 Å². The van der Waals surface area contributed by atoms with E-state index in [1.54, 1.807) is 20.3 Å². The predicted octanol–water partition coefficient (Wildman–Crippen LogP) is 2.26. The van der Waals surface area contributed by atoms with Gasteiger partial charge >= 0.3 is 0 Å². The lowest BCUT2D eigenvalue weighted by Crippen LogP contribution is -1.98. The molecule has 3 aromatic rings. The first-order chi connectivity index (χ1) is 9.15. The number of aromatic nitrogens is 4. The first-order valence-corrected chi connectivity index (χ1v) is 5.96. The molecule has 2 aromatic heterocycles. The van der Waals surface area contributed by atoms with Crippen LogP contribution in [0.15, 0.2) is 12.1 Å². The summed E-state index contributed by atoms with van der Waals surface area (Å²) in [6, 6.07) is 3.63. The van der Waals surface area contributed by atoms with E-state index in [1.807, 2.05) is 17.4 Å². The Morgan fingerprint density at radius 1 is 1.11 bits per heavy atom. The molecule has 0 amide bonds. The molecule has 0 aliphatic heterocycles. The summed E-state index contributed by atoms with van der Waals surface area (Å²) >= 11 is 6.18. The highest BCUT2D eigenvalue weighted by Gasteiger charge is 2.14. The van der Waals surface area contributed by atoms with Gasteiger partial charge in [-0.1, -0.05) is 11.6 Å². The molecule has 19 heavy (non-hydrogen) atoms. The molecule has 98 valence electrons. The number of aryl methyl sites for hydroxylation is 1. The molecule has 0 radical (unpaired) electrons. The standard InChI is InChI=1S/C12H11ClN4O2/c1-6-15-16-12-14-11(13)7-4-9(18-2)10(19-3)5-8(7)17(6)12/h4-5H,1-3H3. The summed E-state index contributed by atoms with van der Waals surface area (Å²) in [5.74, 6) is 2.41. The van der Waals surface area contributed by atoms with E-state index in [-0.39, 0.29) is 0 Å². The summed E-state index contributed by atoms with van der Waals surface area (Å²) in [4.78, 5) is 4.21. The molecule has 6 nitrogen and oxygen atoms in total. The lowest BCUT2D eigenvalue weighted by molar-refractivity contribution is 0.355. The number of rotatable bonds is 2. The van der Waals surface area contributed by atoms with Crippen molar-refractivity contribution in [1.29, 1.82) is 0 Å². The Morgan fingerprint density at radius 3 is 2.47 bits per heavy atom. The molecule has 3 rings (SSSR count). The summed E-state index contributed by atoms with van der Waals surface area (Å²) < 4.78 is 12.4. The van der Waals surface area contributed by atoms with Crippen LogP contribution in [-0.2, 0) is 0 Å². The zero-order valence-electron chi connectivity index (χ0n) is 10.6. The Bertz CT molecular complexity index is 784. The number of hydrogen-bond donors (Lipinski definition) is 0. The van der Waals surface area contributed by atoms with Crippen molar-refractivity contribution >= 4 is 28.3 Å². The molecule has 0 bridgehead atoms. The van der Waals surface area contributed by atoms with Crippen molar-refractivity contribution in [2.45, 2.75) is 6.92 Å². The SMILES string of the molecule is COc1cc2c(Cl)nc3nnc(C)n3c2cc1OC.